The van der Waals surface area contributed by atoms with Gasteiger partial charge in [0.05, 0.1) is 25.4 Å². The fraction of sp³-hybridized carbons (Fsp3) is 1.00. The third-order valence-corrected chi connectivity index (χ3v) is 1.89. The highest BCUT2D eigenvalue weighted by molar-refractivity contribution is 4.59. The van der Waals surface area contributed by atoms with Crippen LogP contribution in [0.5, 0.6) is 0 Å². The molecular formula is C12H27NO3. The lowest BCUT2D eigenvalue weighted by atomic mass is 10.2. The van der Waals surface area contributed by atoms with Crippen LogP contribution in [0.25, 0.3) is 0 Å². The highest BCUT2D eigenvalue weighted by Gasteiger charge is 2.08. The molecule has 98 valence electrons. The third kappa shape index (κ3) is 13.8. The van der Waals surface area contributed by atoms with Crippen LogP contribution in [0.3, 0.4) is 0 Å². The van der Waals surface area contributed by atoms with Gasteiger partial charge in [-0.3, -0.25) is 0 Å². The molecule has 0 unspecified atom stereocenters. The summed E-state index contributed by atoms with van der Waals surface area (Å²) in [6.07, 6.45) is 1.03. The normalized spacial score (nSPS) is 12.0. The van der Waals surface area contributed by atoms with Crippen molar-refractivity contribution in [2.24, 2.45) is 0 Å². The molecule has 0 bridgehead atoms. The molecular weight excluding hydrogens is 206 g/mol. The highest BCUT2D eigenvalue weighted by atomic mass is 16.5. The fourth-order valence-corrected chi connectivity index (χ4v) is 1.10. The van der Waals surface area contributed by atoms with E-state index in [1.54, 1.807) is 7.11 Å². The van der Waals surface area contributed by atoms with E-state index in [9.17, 15) is 0 Å². The van der Waals surface area contributed by atoms with E-state index in [2.05, 4.69) is 26.1 Å². The molecule has 4 heteroatoms. The first kappa shape index (κ1) is 15.8. The minimum atomic E-state index is -0.0368. The van der Waals surface area contributed by atoms with Crippen molar-refractivity contribution in [3.8, 4) is 0 Å². The molecule has 0 aromatic carbocycles. The van der Waals surface area contributed by atoms with Gasteiger partial charge in [0.1, 0.15) is 0 Å². The molecule has 0 rings (SSSR count). The van der Waals surface area contributed by atoms with Crippen LogP contribution < -0.4 is 5.32 Å². The molecule has 0 saturated heterocycles. The Morgan fingerprint density at radius 3 is 2.31 bits per heavy atom. The smallest absolute Gasteiger partial charge is 0.0700 e. The zero-order valence-corrected chi connectivity index (χ0v) is 11.2. The lowest BCUT2D eigenvalue weighted by molar-refractivity contribution is -0.000980. The van der Waals surface area contributed by atoms with Crippen molar-refractivity contribution in [3.63, 3.8) is 0 Å². The van der Waals surface area contributed by atoms with Gasteiger partial charge >= 0.3 is 0 Å². The Bertz CT molecular complexity index is 146. The van der Waals surface area contributed by atoms with Crippen LogP contribution in [0, 0.1) is 0 Å². The average Bonchev–Trinajstić information content (AvgIpc) is 2.19. The van der Waals surface area contributed by atoms with Crippen molar-refractivity contribution in [1.29, 1.82) is 0 Å². The van der Waals surface area contributed by atoms with Crippen molar-refractivity contribution in [2.75, 3.05) is 46.6 Å². The number of ether oxygens (including phenoxy) is 3. The number of nitrogens with one attached hydrogen (secondary N) is 1. The molecule has 0 amide bonds. The summed E-state index contributed by atoms with van der Waals surface area (Å²) in [5.74, 6) is 0. The first-order valence-electron chi connectivity index (χ1n) is 5.97. The van der Waals surface area contributed by atoms with Gasteiger partial charge in [-0.05, 0) is 33.7 Å². The van der Waals surface area contributed by atoms with E-state index in [0.717, 1.165) is 32.7 Å². The van der Waals surface area contributed by atoms with Crippen LogP contribution >= 0.6 is 0 Å². The van der Waals surface area contributed by atoms with Crippen LogP contribution in [0.15, 0.2) is 0 Å². The van der Waals surface area contributed by atoms with E-state index >= 15 is 0 Å². The molecule has 0 aliphatic heterocycles. The molecule has 0 saturated carbocycles. The van der Waals surface area contributed by atoms with E-state index in [0.29, 0.717) is 13.2 Å². The monoisotopic (exact) mass is 233 g/mol. The highest BCUT2D eigenvalue weighted by Crippen LogP contribution is 2.04. The van der Waals surface area contributed by atoms with Gasteiger partial charge in [0.15, 0.2) is 0 Å². The van der Waals surface area contributed by atoms with Crippen molar-refractivity contribution in [2.45, 2.75) is 32.8 Å². The molecule has 0 aliphatic rings. The Labute approximate surface area is 99.6 Å². The predicted octanol–water partition coefficient (Wildman–Crippen LogP) is 1.44. The Hall–Kier alpha value is -0.160. The minimum absolute atomic E-state index is 0.0368. The molecule has 0 fully saturated rings. The SMILES string of the molecule is COCCOCCCNCCOC(C)(C)C. The van der Waals surface area contributed by atoms with Crippen LogP contribution in [-0.4, -0.2) is 52.2 Å². The molecule has 0 aromatic heterocycles. The summed E-state index contributed by atoms with van der Waals surface area (Å²) in [7, 11) is 1.68. The maximum atomic E-state index is 5.58. The zero-order chi connectivity index (χ0) is 12.3. The molecule has 0 radical (unpaired) electrons. The standard InChI is InChI=1S/C12H27NO3/c1-12(2,3)16-9-7-13-6-5-8-15-11-10-14-4/h13H,5-11H2,1-4H3. The van der Waals surface area contributed by atoms with Gasteiger partial charge in [0.25, 0.3) is 0 Å². The largest absolute Gasteiger partial charge is 0.382 e. The number of rotatable bonds is 10. The van der Waals surface area contributed by atoms with Crippen LogP contribution in [0.2, 0.25) is 0 Å². The van der Waals surface area contributed by atoms with Gasteiger partial charge in [-0.15, -0.1) is 0 Å². The van der Waals surface area contributed by atoms with Crippen molar-refractivity contribution in [3.05, 3.63) is 0 Å². The summed E-state index contributed by atoms with van der Waals surface area (Å²) >= 11 is 0. The fourth-order valence-electron chi connectivity index (χ4n) is 1.10. The van der Waals surface area contributed by atoms with Crippen LogP contribution in [0.4, 0.5) is 0 Å². The van der Waals surface area contributed by atoms with Crippen molar-refractivity contribution >= 4 is 0 Å². The average molecular weight is 233 g/mol. The molecule has 0 aliphatic carbocycles. The second-order valence-electron chi connectivity index (χ2n) is 4.67. The first-order chi connectivity index (χ1) is 7.56. The molecule has 0 spiro atoms. The maximum absolute atomic E-state index is 5.58. The third-order valence-electron chi connectivity index (χ3n) is 1.89. The van der Waals surface area contributed by atoms with Gasteiger partial charge in [0.2, 0.25) is 0 Å². The van der Waals surface area contributed by atoms with Crippen molar-refractivity contribution < 1.29 is 14.2 Å². The predicted molar refractivity (Wildman–Crippen MR) is 65.9 cm³/mol. The molecule has 16 heavy (non-hydrogen) atoms. The van der Waals surface area contributed by atoms with E-state index < -0.39 is 0 Å². The van der Waals surface area contributed by atoms with E-state index in [4.69, 9.17) is 14.2 Å². The second kappa shape index (κ2) is 10.0. The number of hydrogen-bond acceptors (Lipinski definition) is 4. The zero-order valence-electron chi connectivity index (χ0n) is 11.2. The molecule has 0 atom stereocenters. The minimum Gasteiger partial charge on any atom is -0.382 e. The van der Waals surface area contributed by atoms with Gasteiger partial charge in [-0.2, -0.15) is 0 Å². The summed E-state index contributed by atoms with van der Waals surface area (Å²) in [4.78, 5) is 0. The molecule has 1 N–H and O–H groups in total. The summed E-state index contributed by atoms with van der Waals surface area (Å²) in [5, 5.41) is 3.31. The Morgan fingerprint density at radius 1 is 0.938 bits per heavy atom. The Kier molecular flexibility index (Phi) is 9.92. The van der Waals surface area contributed by atoms with Gasteiger partial charge < -0.3 is 19.5 Å². The summed E-state index contributed by atoms with van der Waals surface area (Å²) in [6.45, 7) is 11.0. The lowest BCUT2D eigenvalue weighted by Gasteiger charge is -2.19. The summed E-state index contributed by atoms with van der Waals surface area (Å²) in [5.41, 5.74) is -0.0368. The van der Waals surface area contributed by atoms with Crippen LogP contribution in [0.1, 0.15) is 27.2 Å². The van der Waals surface area contributed by atoms with E-state index in [1.807, 2.05) is 0 Å². The Morgan fingerprint density at radius 2 is 1.69 bits per heavy atom. The maximum Gasteiger partial charge on any atom is 0.0700 e. The first-order valence-corrected chi connectivity index (χ1v) is 5.97. The molecule has 0 heterocycles. The van der Waals surface area contributed by atoms with Crippen molar-refractivity contribution in [1.82, 2.24) is 5.32 Å². The van der Waals surface area contributed by atoms with Gasteiger partial charge in [-0.25, -0.2) is 0 Å². The number of hydrogen-bond donors (Lipinski definition) is 1. The molecule has 0 aromatic rings. The van der Waals surface area contributed by atoms with E-state index in [-0.39, 0.29) is 5.60 Å². The van der Waals surface area contributed by atoms with E-state index in [1.165, 1.54) is 0 Å². The van der Waals surface area contributed by atoms with Gasteiger partial charge in [-0.1, -0.05) is 0 Å². The topological polar surface area (TPSA) is 39.7 Å². The summed E-state index contributed by atoms with van der Waals surface area (Å²) in [6, 6.07) is 0. The lowest BCUT2D eigenvalue weighted by Crippen LogP contribution is -2.27. The number of methoxy groups -OCH3 is 1. The second-order valence-corrected chi connectivity index (χ2v) is 4.67. The quantitative estimate of drug-likeness (QED) is 0.580. The Balaban J connectivity index is 2.99. The molecule has 4 nitrogen and oxygen atoms in total. The summed E-state index contributed by atoms with van der Waals surface area (Å²) < 4.78 is 15.8. The van der Waals surface area contributed by atoms with Gasteiger partial charge in [0, 0.05) is 20.3 Å². The van der Waals surface area contributed by atoms with Crippen LogP contribution in [-0.2, 0) is 14.2 Å².